The quantitative estimate of drug-likeness (QED) is 0.407. The first-order valence-electron chi connectivity index (χ1n) is 10.8. The molecule has 8 heteroatoms. The largest absolute Gasteiger partial charge is 0.507 e. The molecule has 1 amide bonds. The fourth-order valence-electron chi connectivity index (χ4n) is 2.95. The summed E-state index contributed by atoms with van der Waals surface area (Å²) in [5, 5.41) is 13.1. The van der Waals surface area contributed by atoms with Crippen LogP contribution in [-0.4, -0.2) is 41.7 Å². The Kier molecular flexibility index (Phi) is 9.27. The van der Waals surface area contributed by atoms with E-state index in [0.29, 0.717) is 24.2 Å². The van der Waals surface area contributed by atoms with E-state index in [1.165, 1.54) is 12.1 Å². The van der Waals surface area contributed by atoms with E-state index in [2.05, 4.69) is 5.32 Å². The van der Waals surface area contributed by atoms with E-state index in [-0.39, 0.29) is 31.1 Å². The maximum Gasteiger partial charge on any atom is 0.408 e. The van der Waals surface area contributed by atoms with Crippen molar-refractivity contribution in [3.8, 4) is 11.5 Å². The molecule has 0 aliphatic heterocycles. The molecular weight excluding hydrogens is 426 g/mol. The molecule has 2 aromatic rings. The van der Waals surface area contributed by atoms with E-state index in [0.717, 1.165) is 5.56 Å². The van der Waals surface area contributed by atoms with Gasteiger partial charge in [-0.05, 0) is 44.9 Å². The van der Waals surface area contributed by atoms with Crippen LogP contribution in [0.5, 0.6) is 11.5 Å². The molecule has 0 fully saturated rings. The van der Waals surface area contributed by atoms with Crippen LogP contribution in [-0.2, 0) is 27.3 Å². The average Bonchev–Trinajstić information content (AvgIpc) is 2.76. The summed E-state index contributed by atoms with van der Waals surface area (Å²) in [6.45, 7) is 6.52. The lowest BCUT2D eigenvalue weighted by molar-refractivity contribution is -0.147. The first kappa shape index (κ1) is 25.7. The van der Waals surface area contributed by atoms with Crippen molar-refractivity contribution in [1.29, 1.82) is 0 Å². The summed E-state index contributed by atoms with van der Waals surface area (Å²) in [6, 6.07) is 12.2. The maximum absolute atomic E-state index is 12.5. The molecule has 0 saturated carbocycles. The summed E-state index contributed by atoms with van der Waals surface area (Å²) in [5.74, 6) is -0.974. The number of benzene rings is 2. The zero-order chi connectivity index (χ0) is 24.4. The van der Waals surface area contributed by atoms with Gasteiger partial charge >= 0.3 is 12.1 Å². The first-order valence-corrected chi connectivity index (χ1v) is 10.8. The van der Waals surface area contributed by atoms with Crippen LogP contribution in [0.3, 0.4) is 0 Å². The molecule has 0 heterocycles. The predicted molar refractivity (Wildman–Crippen MR) is 122 cm³/mol. The molecular formula is C25H31NO7. The lowest BCUT2D eigenvalue weighted by Crippen LogP contribution is -2.35. The zero-order valence-corrected chi connectivity index (χ0v) is 19.5. The van der Waals surface area contributed by atoms with Gasteiger partial charge in [0, 0.05) is 5.56 Å². The number of amides is 1. The fourth-order valence-corrected chi connectivity index (χ4v) is 2.95. The standard InChI is InChI=1S/C25H31NO7/c1-5-9-19-21(31-16-22(28)32-15-17-10-7-6-8-11-17)13-12-18(23(19)29)20(27)14-26-24(30)33-25(2,3)4/h6-8,10-13,29H,5,9,14-16H2,1-4H3,(H,26,30). The number of hydrogen-bond donors (Lipinski definition) is 2. The molecule has 0 aliphatic carbocycles. The minimum Gasteiger partial charge on any atom is -0.507 e. The smallest absolute Gasteiger partial charge is 0.408 e. The second-order valence-electron chi connectivity index (χ2n) is 8.40. The Labute approximate surface area is 193 Å². The highest BCUT2D eigenvalue weighted by atomic mass is 16.6. The number of esters is 1. The van der Waals surface area contributed by atoms with Gasteiger partial charge in [0.05, 0.1) is 12.1 Å². The number of alkyl carbamates (subject to hydrolysis) is 1. The molecule has 8 nitrogen and oxygen atoms in total. The molecule has 0 bridgehead atoms. The normalized spacial score (nSPS) is 10.9. The van der Waals surface area contributed by atoms with Crippen LogP contribution in [0.15, 0.2) is 42.5 Å². The van der Waals surface area contributed by atoms with Crippen LogP contribution in [0, 0.1) is 0 Å². The molecule has 0 unspecified atom stereocenters. The molecule has 33 heavy (non-hydrogen) atoms. The number of hydrogen-bond acceptors (Lipinski definition) is 7. The number of carbonyl (C=O) groups is 3. The highest BCUT2D eigenvalue weighted by Gasteiger charge is 2.21. The molecule has 0 aliphatic rings. The second-order valence-corrected chi connectivity index (χ2v) is 8.40. The molecule has 0 atom stereocenters. The Morgan fingerprint density at radius 3 is 2.36 bits per heavy atom. The average molecular weight is 458 g/mol. The number of nitrogens with one attached hydrogen (secondary N) is 1. The third-order valence-electron chi connectivity index (χ3n) is 4.42. The van der Waals surface area contributed by atoms with Gasteiger partial charge in [-0.2, -0.15) is 0 Å². The van der Waals surface area contributed by atoms with Gasteiger partial charge in [-0.15, -0.1) is 0 Å². The molecule has 2 rings (SSSR count). The van der Waals surface area contributed by atoms with Crippen LogP contribution in [0.2, 0.25) is 0 Å². The van der Waals surface area contributed by atoms with E-state index in [4.69, 9.17) is 14.2 Å². The highest BCUT2D eigenvalue weighted by Crippen LogP contribution is 2.33. The summed E-state index contributed by atoms with van der Waals surface area (Å²) in [7, 11) is 0. The van der Waals surface area contributed by atoms with Crippen molar-refractivity contribution in [3.05, 3.63) is 59.2 Å². The molecule has 0 saturated heterocycles. The summed E-state index contributed by atoms with van der Waals surface area (Å²) in [5.41, 5.74) is 0.633. The number of phenols is 1. The third-order valence-corrected chi connectivity index (χ3v) is 4.42. The number of Topliss-reactive ketones (excluding diaryl/α,β-unsaturated/α-hetero) is 1. The second kappa shape index (κ2) is 11.9. The number of ether oxygens (including phenoxy) is 3. The summed E-state index contributed by atoms with van der Waals surface area (Å²) in [4.78, 5) is 36.4. The van der Waals surface area contributed by atoms with Gasteiger partial charge in [-0.3, -0.25) is 4.79 Å². The molecule has 0 spiro atoms. The Bertz CT molecular complexity index is 965. The monoisotopic (exact) mass is 457 g/mol. The summed E-state index contributed by atoms with van der Waals surface area (Å²) < 4.78 is 15.9. The van der Waals surface area contributed by atoms with Crippen LogP contribution in [0.4, 0.5) is 4.79 Å². The van der Waals surface area contributed by atoms with Crippen molar-refractivity contribution < 1.29 is 33.7 Å². The van der Waals surface area contributed by atoms with Crippen molar-refractivity contribution in [2.45, 2.75) is 52.7 Å². The summed E-state index contributed by atoms with van der Waals surface area (Å²) >= 11 is 0. The van der Waals surface area contributed by atoms with E-state index in [1.54, 1.807) is 20.8 Å². The van der Waals surface area contributed by atoms with E-state index >= 15 is 0 Å². The van der Waals surface area contributed by atoms with E-state index in [9.17, 15) is 19.5 Å². The van der Waals surface area contributed by atoms with Crippen molar-refractivity contribution in [1.82, 2.24) is 5.32 Å². The summed E-state index contributed by atoms with van der Waals surface area (Å²) in [6.07, 6.45) is 0.384. The van der Waals surface area contributed by atoms with Crippen molar-refractivity contribution in [3.63, 3.8) is 0 Å². The van der Waals surface area contributed by atoms with Gasteiger partial charge in [0.25, 0.3) is 0 Å². The minimum atomic E-state index is -0.724. The van der Waals surface area contributed by atoms with Gasteiger partial charge in [0.1, 0.15) is 23.7 Å². The number of aromatic hydroxyl groups is 1. The third kappa shape index (κ3) is 8.48. The fraction of sp³-hybridized carbons (Fsp3) is 0.400. The molecule has 0 radical (unpaired) electrons. The number of carbonyl (C=O) groups excluding carboxylic acids is 3. The molecule has 178 valence electrons. The van der Waals surface area contributed by atoms with Gasteiger partial charge in [-0.25, -0.2) is 9.59 Å². The molecule has 0 aromatic heterocycles. The highest BCUT2D eigenvalue weighted by molar-refractivity contribution is 6.01. The Morgan fingerprint density at radius 2 is 1.73 bits per heavy atom. The molecule has 2 aromatic carbocycles. The van der Waals surface area contributed by atoms with Gasteiger partial charge in [0.15, 0.2) is 12.4 Å². The lowest BCUT2D eigenvalue weighted by atomic mass is 10.0. The number of ketones is 1. The van der Waals surface area contributed by atoms with Crippen molar-refractivity contribution >= 4 is 17.8 Å². The number of phenolic OH excluding ortho intramolecular Hbond substituents is 1. The van der Waals surface area contributed by atoms with Gasteiger partial charge in [-0.1, -0.05) is 43.7 Å². The van der Waals surface area contributed by atoms with Crippen LogP contribution < -0.4 is 10.1 Å². The van der Waals surface area contributed by atoms with Crippen LogP contribution in [0.1, 0.15) is 55.6 Å². The maximum atomic E-state index is 12.5. The minimum absolute atomic E-state index is 0.0495. The van der Waals surface area contributed by atoms with Crippen molar-refractivity contribution in [2.24, 2.45) is 0 Å². The van der Waals surface area contributed by atoms with Gasteiger partial charge in [0.2, 0.25) is 0 Å². The van der Waals surface area contributed by atoms with E-state index < -0.39 is 23.4 Å². The lowest BCUT2D eigenvalue weighted by Gasteiger charge is -2.19. The number of rotatable bonds is 10. The van der Waals surface area contributed by atoms with E-state index in [1.807, 2.05) is 37.3 Å². The first-order chi connectivity index (χ1) is 15.6. The van der Waals surface area contributed by atoms with Crippen molar-refractivity contribution in [2.75, 3.05) is 13.2 Å². The van der Waals surface area contributed by atoms with Gasteiger partial charge < -0.3 is 24.6 Å². The van der Waals surface area contributed by atoms with Crippen LogP contribution in [0.25, 0.3) is 0 Å². The topological polar surface area (TPSA) is 111 Å². The Morgan fingerprint density at radius 1 is 1.03 bits per heavy atom. The Balaban J connectivity index is 2.01. The predicted octanol–water partition coefficient (Wildman–Crippen LogP) is 4.17. The SMILES string of the molecule is CCCc1c(OCC(=O)OCc2ccccc2)ccc(C(=O)CNC(=O)OC(C)(C)C)c1O. The molecule has 2 N–H and O–H groups in total. The van der Waals surface area contributed by atoms with Crippen LogP contribution >= 0.6 is 0 Å². The Hall–Kier alpha value is -3.55. The zero-order valence-electron chi connectivity index (χ0n) is 19.5.